The summed E-state index contributed by atoms with van der Waals surface area (Å²) in [5.74, 6) is -0.267. The lowest BCUT2D eigenvalue weighted by Gasteiger charge is -2.16. The number of nitriles is 1. The Kier molecular flexibility index (Phi) is 7.50. The van der Waals surface area contributed by atoms with E-state index >= 15 is 0 Å². The second-order valence-electron chi connectivity index (χ2n) is 8.35. The number of nitrogen functional groups attached to an aromatic ring is 1. The number of hydrogen-bond acceptors (Lipinski definition) is 7. The molecular weight excluding hydrogens is 471 g/mol. The number of aldehydes is 1. The van der Waals surface area contributed by atoms with Crippen molar-refractivity contribution in [2.75, 3.05) is 11.1 Å². The second kappa shape index (κ2) is 11.1. The van der Waals surface area contributed by atoms with Crippen molar-refractivity contribution < 1.29 is 14.0 Å². The number of aromatic nitrogens is 2. The molecule has 37 heavy (non-hydrogen) atoms. The Balaban J connectivity index is 1.49. The quantitative estimate of drug-likeness (QED) is 0.304. The minimum absolute atomic E-state index is 0.182. The summed E-state index contributed by atoms with van der Waals surface area (Å²) in [6, 6.07) is 18.2. The normalized spacial score (nSPS) is 11.3. The number of nitrogens with two attached hydrogens (primary N) is 1. The highest BCUT2D eigenvalue weighted by Crippen LogP contribution is 2.23. The highest BCUT2D eigenvalue weighted by molar-refractivity contribution is 5.99. The minimum Gasteiger partial charge on any atom is -0.383 e. The van der Waals surface area contributed by atoms with Gasteiger partial charge >= 0.3 is 0 Å². The van der Waals surface area contributed by atoms with Crippen LogP contribution in [0.1, 0.15) is 50.4 Å². The highest BCUT2D eigenvalue weighted by atomic mass is 19.1. The van der Waals surface area contributed by atoms with Crippen molar-refractivity contribution in [2.24, 2.45) is 0 Å². The zero-order chi connectivity index (χ0) is 26.4. The first-order valence-electron chi connectivity index (χ1n) is 11.4. The maximum Gasteiger partial charge on any atom is 0.255 e. The van der Waals surface area contributed by atoms with Crippen LogP contribution in [-0.2, 0) is 6.54 Å². The van der Waals surface area contributed by atoms with E-state index in [1.807, 2.05) is 30.3 Å². The molecule has 0 saturated heterocycles. The highest BCUT2D eigenvalue weighted by Gasteiger charge is 2.17. The predicted molar refractivity (Wildman–Crippen MR) is 138 cm³/mol. The first-order chi connectivity index (χ1) is 17.9. The first-order valence-corrected chi connectivity index (χ1v) is 11.4. The maximum atomic E-state index is 13.2. The van der Waals surface area contributed by atoms with E-state index in [4.69, 9.17) is 5.73 Å². The SMILES string of the molecule is C[C@H](NC(=O)c1cc(C#N)cnc1NCc1ccc(-c2cnc(N)c(C=O)c2)cc1)c1ccc(F)cc1. The van der Waals surface area contributed by atoms with Crippen LogP contribution in [0.15, 0.2) is 73.1 Å². The number of nitrogens with one attached hydrogen (secondary N) is 2. The Labute approximate surface area is 213 Å². The maximum absolute atomic E-state index is 13.2. The Hall–Kier alpha value is -5.10. The Bertz CT molecular complexity index is 1480. The van der Waals surface area contributed by atoms with Crippen LogP contribution in [0.2, 0.25) is 0 Å². The average molecular weight is 495 g/mol. The third kappa shape index (κ3) is 5.94. The fourth-order valence-corrected chi connectivity index (χ4v) is 3.69. The molecule has 0 saturated carbocycles. The van der Waals surface area contributed by atoms with Crippen molar-refractivity contribution in [1.29, 1.82) is 5.26 Å². The van der Waals surface area contributed by atoms with Crippen molar-refractivity contribution in [3.05, 3.63) is 107 Å². The molecule has 2 aromatic heterocycles. The number of anilines is 2. The van der Waals surface area contributed by atoms with E-state index in [-0.39, 0.29) is 28.8 Å². The van der Waals surface area contributed by atoms with Gasteiger partial charge in [-0.25, -0.2) is 14.4 Å². The molecule has 2 heterocycles. The van der Waals surface area contributed by atoms with Crippen molar-refractivity contribution in [3.8, 4) is 17.2 Å². The largest absolute Gasteiger partial charge is 0.383 e. The molecule has 0 aliphatic heterocycles. The molecule has 184 valence electrons. The topological polar surface area (TPSA) is 134 Å². The lowest BCUT2D eigenvalue weighted by atomic mass is 10.0. The average Bonchev–Trinajstić information content (AvgIpc) is 2.92. The van der Waals surface area contributed by atoms with Crippen LogP contribution in [0.5, 0.6) is 0 Å². The molecule has 0 radical (unpaired) electrons. The van der Waals surface area contributed by atoms with Crippen LogP contribution < -0.4 is 16.4 Å². The summed E-state index contributed by atoms with van der Waals surface area (Å²) in [4.78, 5) is 32.5. The molecule has 0 bridgehead atoms. The summed E-state index contributed by atoms with van der Waals surface area (Å²) in [6.07, 6.45) is 3.67. The molecule has 0 aliphatic carbocycles. The molecule has 0 aliphatic rings. The summed E-state index contributed by atoms with van der Waals surface area (Å²) in [5.41, 5.74) is 9.78. The van der Waals surface area contributed by atoms with Crippen LogP contribution in [0, 0.1) is 17.1 Å². The van der Waals surface area contributed by atoms with E-state index in [2.05, 4.69) is 20.6 Å². The number of benzene rings is 2. The summed E-state index contributed by atoms with van der Waals surface area (Å²) in [7, 11) is 0. The van der Waals surface area contributed by atoms with Gasteiger partial charge in [-0.15, -0.1) is 0 Å². The van der Waals surface area contributed by atoms with Gasteiger partial charge in [0, 0.05) is 24.5 Å². The Morgan fingerprint density at radius 2 is 1.81 bits per heavy atom. The molecule has 1 amide bonds. The zero-order valence-electron chi connectivity index (χ0n) is 19.9. The molecule has 0 unspecified atom stereocenters. The first kappa shape index (κ1) is 25.0. The van der Waals surface area contributed by atoms with E-state index in [1.165, 1.54) is 24.4 Å². The van der Waals surface area contributed by atoms with Gasteiger partial charge in [0.05, 0.1) is 22.7 Å². The lowest BCUT2D eigenvalue weighted by Crippen LogP contribution is -2.28. The van der Waals surface area contributed by atoms with Crippen LogP contribution in [0.25, 0.3) is 11.1 Å². The molecule has 0 fully saturated rings. The van der Waals surface area contributed by atoms with Crippen molar-refractivity contribution >= 4 is 23.8 Å². The number of carbonyl (C=O) groups excluding carboxylic acids is 2. The lowest BCUT2D eigenvalue weighted by molar-refractivity contribution is 0.0940. The second-order valence-corrected chi connectivity index (χ2v) is 8.35. The third-order valence-electron chi connectivity index (χ3n) is 5.80. The zero-order valence-corrected chi connectivity index (χ0v) is 19.9. The van der Waals surface area contributed by atoms with Crippen molar-refractivity contribution in [1.82, 2.24) is 15.3 Å². The summed E-state index contributed by atoms with van der Waals surface area (Å²) < 4.78 is 13.2. The monoisotopic (exact) mass is 494 g/mol. The molecule has 1 atom stereocenters. The van der Waals surface area contributed by atoms with Crippen LogP contribution in [0.3, 0.4) is 0 Å². The molecule has 2 aromatic carbocycles. The third-order valence-corrected chi connectivity index (χ3v) is 5.80. The predicted octanol–water partition coefficient (Wildman–Crippen LogP) is 4.65. The molecule has 9 heteroatoms. The number of amides is 1. The molecule has 4 aromatic rings. The number of halogens is 1. The number of rotatable bonds is 8. The smallest absolute Gasteiger partial charge is 0.255 e. The molecule has 0 spiro atoms. The molecule has 4 rings (SSSR count). The van der Waals surface area contributed by atoms with Gasteiger partial charge in [0.2, 0.25) is 0 Å². The van der Waals surface area contributed by atoms with Crippen LogP contribution in [0.4, 0.5) is 16.0 Å². The number of hydrogen-bond donors (Lipinski definition) is 3. The number of nitrogens with zero attached hydrogens (tertiary/aromatic N) is 3. The van der Waals surface area contributed by atoms with E-state index in [1.54, 1.807) is 31.3 Å². The summed E-state index contributed by atoms with van der Waals surface area (Å²) in [5, 5.41) is 15.3. The van der Waals surface area contributed by atoms with Gasteiger partial charge in [-0.2, -0.15) is 5.26 Å². The minimum atomic E-state index is -0.416. The summed E-state index contributed by atoms with van der Waals surface area (Å²) in [6.45, 7) is 2.16. The van der Waals surface area contributed by atoms with Gasteiger partial charge in [-0.05, 0) is 47.9 Å². The molecular formula is C28H23FN6O2. The van der Waals surface area contributed by atoms with Gasteiger partial charge in [0.15, 0.2) is 6.29 Å². The Morgan fingerprint density at radius 3 is 2.49 bits per heavy atom. The van der Waals surface area contributed by atoms with Crippen LogP contribution >= 0.6 is 0 Å². The standard InChI is InChI=1S/C28H23FN6O2/c1-17(20-6-8-24(29)9-7-20)35-28(37)25-10-19(12-30)14-34-27(25)33-13-18-2-4-21(5-3-18)22-11-23(16-36)26(31)32-15-22/h2-11,14-17H,13H2,1H3,(H2,31,32)(H,33,34)(H,35,37)/t17-/m0/s1. The molecule has 4 N–H and O–H groups in total. The fourth-order valence-electron chi connectivity index (χ4n) is 3.69. The van der Waals surface area contributed by atoms with E-state index in [9.17, 15) is 19.2 Å². The van der Waals surface area contributed by atoms with E-state index in [0.29, 0.717) is 24.2 Å². The summed E-state index contributed by atoms with van der Waals surface area (Å²) >= 11 is 0. The van der Waals surface area contributed by atoms with Gasteiger partial charge in [-0.3, -0.25) is 9.59 Å². The van der Waals surface area contributed by atoms with Gasteiger partial charge in [0.1, 0.15) is 23.5 Å². The van der Waals surface area contributed by atoms with Crippen molar-refractivity contribution in [3.63, 3.8) is 0 Å². The fraction of sp³-hybridized carbons (Fsp3) is 0.107. The number of carbonyl (C=O) groups is 2. The van der Waals surface area contributed by atoms with Crippen LogP contribution in [-0.4, -0.2) is 22.2 Å². The van der Waals surface area contributed by atoms with E-state index in [0.717, 1.165) is 22.3 Å². The van der Waals surface area contributed by atoms with Gasteiger partial charge in [0.25, 0.3) is 5.91 Å². The van der Waals surface area contributed by atoms with Gasteiger partial charge in [-0.1, -0.05) is 36.4 Å². The Morgan fingerprint density at radius 1 is 1.08 bits per heavy atom. The van der Waals surface area contributed by atoms with Gasteiger partial charge < -0.3 is 16.4 Å². The van der Waals surface area contributed by atoms with Crippen molar-refractivity contribution in [2.45, 2.75) is 19.5 Å². The number of pyridine rings is 2. The van der Waals surface area contributed by atoms with E-state index < -0.39 is 5.91 Å². The molecule has 8 nitrogen and oxygen atoms in total.